The van der Waals surface area contributed by atoms with Crippen LogP contribution in [0.25, 0.3) is 0 Å². The van der Waals surface area contributed by atoms with E-state index in [1.165, 1.54) is 0 Å². The molecule has 0 aliphatic rings. The molecule has 0 unspecified atom stereocenters. The summed E-state index contributed by atoms with van der Waals surface area (Å²) in [5, 5.41) is 8.27. The summed E-state index contributed by atoms with van der Waals surface area (Å²) < 4.78 is 0. The van der Waals surface area contributed by atoms with Gasteiger partial charge in [-0.1, -0.05) is 0 Å². The predicted molar refractivity (Wildman–Crippen MR) is 45.9 cm³/mol. The number of halogens is 1. The molecule has 0 aromatic heterocycles. The smallest absolute Gasteiger partial charge is 0.320 e. The monoisotopic (exact) mass is 237 g/mol. The van der Waals surface area contributed by atoms with E-state index in [1.807, 2.05) is 6.26 Å². The molecule has 0 radical (unpaired) electrons. The van der Waals surface area contributed by atoms with Crippen molar-refractivity contribution in [1.82, 2.24) is 0 Å². The molecule has 0 aliphatic heterocycles. The normalized spacial score (nSPS) is 10.7. The molecule has 6 heteroatoms. The van der Waals surface area contributed by atoms with Crippen LogP contribution in [0.2, 0.25) is 0 Å². The van der Waals surface area contributed by atoms with E-state index in [2.05, 4.69) is 0 Å². The second-order valence-corrected chi connectivity index (χ2v) is 2.71. The molecule has 0 fully saturated rings. The van der Waals surface area contributed by atoms with Gasteiger partial charge in [0, 0.05) is 17.4 Å². The summed E-state index contributed by atoms with van der Waals surface area (Å²) in [7, 11) is 0. The Labute approximate surface area is 87.6 Å². The van der Waals surface area contributed by atoms with Gasteiger partial charge in [-0.3, -0.25) is 4.79 Å². The first-order chi connectivity index (χ1) is 4.18. The van der Waals surface area contributed by atoms with E-state index in [4.69, 9.17) is 10.8 Å². The van der Waals surface area contributed by atoms with E-state index in [9.17, 15) is 4.79 Å². The Morgan fingerprint density at radius 3 is 2.45 bits per heavy atom. The third-order valence-electron chi connectivity index (χ3n) is 0.950. The Hall–Kier alpha value is 0.602. The molecule has 0 spiro atoms. The van der Waals surface area contributed by atoms with Crippen molar-refractivity contribution in [2.24, 2.45) is 5.73 Å². The molecular formula is C5H12ClCrNO2S. The van der Waals surface area contributed by atoms with Gasteiger partial charge in [0.15, 0.2) is 0 Å². The van der Waals surface area contributed by atoms with Crippen LogP contribution in [0.3, 0.4) is 0 Å². The molecule has 0 saturated heterocycles. The molecule has 3 nitrogen and oxygen atoms in total. The van der Waals surface area contributed by atoms with Crippen LogP contribution in [0.5, 0.6) is 0 Å². The zero-order valence-electron chi connectivity index (χ0n) is 6.15. The third kappa shape index (κ3) is 10.6. The fourth-order valence-corrected chi connectivity index (χ4v) is 0.858. The molecule has 11 heavy (non-hydrogen) atoms. The summed E-state index contributed by atoms with van der Waals surface area (Å²) in [6, 6.07) is -0.683. The first-order valence-corrected chi connectivity index (χ1v) is 4.05. The molecule has 68 valence electrons. The number of carbonyl (C=O) groups is 1. The van der Waals surface area contributed by atoms with Crippen molar-refractivity contribution in [3.63, 3.8) is 0 Å². The first kappa shape index (κ1) is 17.6. The zero-order chi connectivity index (χ0) is 7.28. The number of aliphatic carboxylic acids is 1. The van der Waals surface area contributed by atoms with Crippen molar-refractivity contribution in [2.75, 3.05) is 12.0 Å². The summed E-state index contributed by atoms with van der Waals surface area (Å²) in [4.78, 5) is 10.1. The Bertz CT molecular complexity index is 106. The molecule has 0 rings (SSSR count). The molecule has 0 bridgehead atoms. The predicted octanol–water partition coefficient (Wildman–Crippen LogP) is 0.571. The van der Waals surface area contributed by atoms with Crippen molar-refractivity contribution >= 4 is 30.1 Å². The van der Waals surface area contributed by atoms with Gasteiger partial charge in [0.2, 0.25) is 0 Å². The molecule has 0 heterocycles. The van der Waals surface area contributed by atoms with Gasteiger partial charge in [-0.2, -0.15) is 11.8 Å². The van der Waals surface area contributed by atoms with Gasteiger partial charge in [0.05, 0.1) is 0 Å². The topological polar surface area (TPSA) is 63.3 Å². The van der Waals surface area contributed by atoms with Crippen molar-refractivity contribution in [3.05, 3.63) is 0 Å². The van der Waals surface area contributed by atoms with Crippen LogP contribution in [0.15, 0.2) is 0 Å². The van der Waals surface area contributed by atoms with Crippen LogP contribution in [0.4, 0.5) is 0 Å². The number of hydrogen-bond acceptors (Lipinski definition) is 3. The van der Waals surface area contributed by atoms with Crippen LogP contribution in [0, 0.1) is 0 Å². The Balaban J connectivity index is -0.000000320. The maximum atomic E-state index is 10.1. The SMILES string of the molecule is CSCC[C@H](N)C(=O)O.Cl.[Cr]. The van der Waals surface area contributed by atoms with Gasteiger partial charge in [-0.05, 0) is 18.4 Å². The van der Waals surface area contributed by atoms with Crippen LogP contribution < -0.4 is 5.73 Å². The first-order valence-electron chi connectivity index (χ1n) is 2.65. The number of rotatable bonds is 4. The van der Waals surface area contributed by atoms with Crippen molar-refractivity contribution in [1.29, 1.82) is 0 Å². The van der Waals surface area contributed by atoms with Gasteiger partial charge in [0.25, 0.3) is 0 Å². The van der Waals surface area contributed by atoms with Gasteiger partial charge < -0.3 is 10.8 Å². The average Bonchev–Trinajstić information content (AvgIpc) is 1.82. The maximum absolute atomic E-state index is 10.1. The number of carboxylic acids is 1. The largest absolute Gasteiger partial charge is 0.480 e. The summed E-state index contributed by atoms with van der Waals surface area (Å²) in [5.74, 6) is -0.1000. The Morgan fingerprint density at radius 1 is 1.73 bits per heavy atom. The van der Waals surface area contributed by atoms with Crippen LogP contribution >= 0.6 is 24.2 Å². The van der Waals surface area contributed by atoms with Gasteiger partial charge in [-0.25, -0.2) is 0 Å². The third-order valence-corrected chi connectivity index (χ3v) is 1.59. The van der Waals surface area contributed by atoms with Crippen molar-refractivity contribution < 1.29 is 27.3 Å². The van der Waals surface area contributed by atoms with Crippen LogP contribution in [0.1, 0.15) is 6.42 Å². The molecule has 0 aromatic carbocycles. The average molecular weight is 238 g/mol. The minimum Gasteiger partial charge on any atom is -0.480 e. The van der Waals surface area contributed by atoms with Gasteiger partial charge >= 0.3 is 5.97 Å². The summed E-state index contributed by atoms with van der Waals surface area (Å²) in [5.41, 5.74) is 5.19. The Morgan fingerprint density at radius 2 is 2.18 bits per heavy atom. The minimum atomic E-state index is -0.913. The van der Waals surface area contributed by atoms with E-state index in [0.717, 1.165) is 5.75 Å². The standard InChI is InChI=1S/C5H11NO2S.ClH.Cr/c1-9-3-2-4(6)5(7)8;;/h4H,2-3,6H2,1H3,(H,7,8);1H;/t4-;;/m0../s1. The zero-order valence-corrected chi connectivity index (χ0v) is 9.06. The van der Waals surface area contributed by atoms with E-state index >= 15 is 0 Å². The molecule has 1 atom stereocenters. The molecule has 0 aliphatic carbocycles. The molecule has 0 aromatic rings. The summed E-state index contributed by atoms with van der Waals surface area (Å²) in [6.45, 7) is 0. The molecule has 0 saturated carbocycles. The van der Waals surface area contributed by atoms with Crippen LogP contribution in [-0.2, 0) is 22.2 Å². The van der Waals surface area contributed by atoms with E-state index in [0.29, 0.717) is 6.42 Å². The van der Waals surface area contributed by atoms with Crippen LogP contribution in [-0.4, -0.2) is 29.1 Å². The van der Waals surface area contributed by atoms with E-state index < -0.39 is 12.0 Å². The molecular weight excluding hydrogens is 226 g/mol. The second-order valence-electron chi connectivity index (χ2n) is 1.73. The van der Waals surface area contributed by atoms with E-state index in [-0.39, 0.29) is 29.8 Å². The quantitative estimate of drug-likeness (QED) is 0.751. The fourth-order valence-electron chi connectivity index (χ4n) is 0.368. The number of nitrogens with two attached hydrogens (primary N) is 1. The van der Waals surface area contributed by atoms with Gasteiger partial charge in [0.1, 0.15) is 6.04 Å². The van der Waals surface area contributed by atoms with Gasteiger partial charge in [-0.15, -0.1) is 12.4 Å². The fraction of sp³-hybridized carbons (Fsp3) is 0.800. The maximum Gasteiger partial charge on any atom is 0.320 e. The molecule has 0 amide bonds. The summed E-state index contributed by atoms with van der Waals surface area (Å²) in [6.07, 6.45) is 2.48. The number of thioether (sulfide) groups is 1. The second kappa shape index (κ2) is 10.6. The van der Waals surface area contributed by atoms with Crippen molar-refractivity contribution in [2.45, 2.75) is 12.5 Å². The minimum absolute atomic E-state index is 0. The Kier molecular flexibility index (Phi) is 17.0. The summed E-state index contributed by atoms with van der Waals surface area (Å²) >= 11 is 1.60. The number of hydrogen-bond donors (Lipinski definition) is 2. The van der Waals surface area contributed by atoms with E-state index in [1.54, 1.807) is 11.8 Å². The molecule has 3 N–H and O–H groups in total. The van der Waals surface area contributed by atoms with Crippen molar-refractivity contribution in [3.8, 4) is 0 Å². The number of carboxylic acid groups (broad SMARTS) is 1.